The first-order valence-electron chi connectivity index (χ1n) is 6.80. The molecule has 1 saturated carbocycles. The van der Waals surface area contributed by atoms with E-state index in [2.05, 4.69) is 17.1 Å². The molecule has 3 atom stereocenters. The van der Waals surface area contributed by atoms with Crippen LogP contribution < -0.4 is 5.73 Å². The maximum absolute atomic E-state index is 13.2. The number of aliphatic imine (C=N–C) groups is 1. The Morgan fingerprint density at radius 1 is 1.18 bits per heavy atom. The number of nitrogens with two attached hydrogens (primary N) is 1. The van der Waals surface area contributed by atoms with Crippen molar-refractivity contribution in [3.8, 4) is 12.1 Å². The number of amidine groups is 1. The summed E-state index contributed by atoms with van der Waals surface area (Å²) in [6.45, 7) is 0.551. The van der Waals surface area contributed by atoms with Crippen molar-refractivity contribution >= 4 is 5.84 Å². The Hall–Kier alpha value is -2.48. The van der Waals surface area contributed by atoms with Crippen LogP contribution in [-0.4, -0.2) is 25.0 Å². The molecule has 0 radical (unpaired) electrons. The molecule has 2 fully saturated rings. The molecule has 3 aliphatic rings. The minimum atomic E-state index is -1.54. The first-order chi connectivity index (χ1) is 10.6. The van der Waals surface area contributed by atoms with Crippen molar-refractivity contribution in [2.45, 2.75) is 11.8 Å². The number of benzene rings is 1. The van der Waals surface area contributed by atoms with E-state index in [-0.39, 0.29) is 19.0 Å². The fraction of sp³-hybridized carbons (Fsp3) is 0.400. The van der Waals surface area contributed by atoms with Crippen molar-refractivity contribution in [1.82, 2.24) is 0 Å². The zero-order chi connectivity index (χ0) is 15.6. The first-order valence-corrected chi connectivity index (χ1v) is 6.80. The van der Waals surface area contributed by atoms with Crippen molar-refractivity contribution in [2.24, 2.45) is 21.6 Å². The van der Waals surface area contributed by atoms with Crippen LogP contribution in [0.5, 0.6) is 0 Å². The van der Waals surface area contributed by atoms with Gasteiger partial charge in [-0.3, -0.25) is 0 Å². The van der Waals surface area contributed by atoms with E-state index in [1.807, 2.05) is 0 Å². The van der Waals surface area contributed by atoms with E-state index in [1.165, 1.54) is 12.1 Å². The molecule has 0 amide bonds. The number of ether oxygens (including phenoxy) is 2. The number of nitriles is 2. The molecule has 4 rings (SSSR count). The summed E-state index contributed by atoms with van der Waals surface area (Å²) < 4.78 is 24.3. The number of rotatable bonds is 1. The van der Waals surface area contributed by atoms with Gasteiger partial charge in [-0.05, 0) is 17.7 Å². The first kappa shape index (κ1) is 13.2. The van der Waals surface area contributed by atoms with Gasteiger partial charge in [0, 0.05) is 5.92 Å². The van der Waals surface area contributed by atoms with Gasteiger partial charge in [0.15, 0.2) is 5.41 Å². The van der Waals surface area contributed by atoms with E-state index < -0.39 is 28.5 Å². The molecule has 0 unspecified atom stereocenters. The highest BCUT2D eigenvalue weighted by molar-refractivity contribution is 6.00. The zero-order valence-electron chi connectivity index (χ0n) is 11.4. The lowest BCUT2D eigenvalue weighted by Gasteiger charge is -2.25. The molecule has 2 N–H and O–H groups in total. The Morgan fingerprint density at radius 3 is 2.36 bits per heavy atom. The van der Waals surface area contributed by atoms with Gasteiger partial charge in [-0.15, -0.1) is 0 Å². The third-order valence-electron chi connectivity index (χ3n) is 4.81. The molecule has 0 bridgehead atoms. The van der Waals surface area contributed by atoms with Gasteiger partial charge in [0.05, 0.1) is 25.4 Å². The van der Waals surface area contributed by atoms with Crippen LogP contribution in [-0.2, 0) is 9.47 Å². The molecule has 1 aromatic rings. The van der Waals surface area contributed by atoms with E-state index in [1.54, 1.807) is 12.1 Å². The summed E-state index contributed by atoms with van der Waals surface area (Å²) in [6, 6.07) is 9.98. The van der Waals surface area contributed by atoms with Gasteiger partial charge in [-0.2, -0.15) is 10.5 Å². The Morgan fingerprint density at radius 2 is 1.82 bits per heavy atom. The third-order valence-corrected chi connectivity index (χ3v) is 4.81. The lowest BCUT2D eigenvalue weighted by Crippen LogP contribution is -2.38. The highest BCUT2D eigenvalue weighted by atomic mass is 19.1. The Kier molecular flexibility index (Phi) is 2.30. The molecule has 1 spiro atoms. The Bertz CT molecular complexity index is 772. The smallest absolute Gasteiger partial charge is 0.293 e. The zero-order valence-corrected chi connectivity index (χ0v) is 11.4. The van der Waals surface area contributed by atoms with Crippen LogP contribution in [0.1, 0.15) is 11.5 Å². The van der Waals surface area contributed by atoms with Gasteiger partial charge < -0.3 is 15.2 Å². The van der Waals surface area contributed by atoms with Gasteiger partial charge in [0.2, 0.25) is 0 Å². The minimum absolute atomic E-state index is 0.0350. The van der Waals surface area contributed by atoms with Crippen molar-refractivity contribution in [2.75, 3.05) is 13.2 Å². The van der Waals surface area contributed by atoms with Crippen LogP contribution in [0.4, 0.5) is 4.39 Å². The predicted molar refractivity (Wildman–Crippen MR) is 71.5 cm³/mol. The summed E-state index contributed by atoms with van der Waals surface area (Å²) in [5, 5.41) is 19.5. The highest BCUT2D eigenvalue weighted by Crippen LogP contribution is 2.82. The molecule has 6 nitrogen and oxygen atoms in total. The molecule has 2 heterocycles. The van der Waals surface area contributed by atoms with E-state index in [0.717, 1.165) is 0 Å². The molecular weight excluding hydrogens is 287 g/mol. The van der Waals surface area contributed by atoms with Crippen LogP contribution in [0.25, 0.3) is 0 Å². The number of nitrogens with zero attached hydrogens (tertiary/aromatic N) is 3. The quantitative estimate of drug-likeness (QED) is 0.833. The van der Waals surface area contributed by atoms with Gasteiger partial charge >= 0.3 is 0 Å². The monoisotopic (exact) mass is 298 g/mol. The SMILES string of the molecule is N#C[C@@]12C(N)=NC3(OCCO3)[C@]1(C#N)[C@H]2c1ccc(F)cc1. The molecule has 1 aliphatic carbocycles. The minimum Gasteiger partial charge on any atom is -0.386 e. The number of fused-ring (bicyclic) bond motifs is 2. The number of hydrogen-bond acceptors (Lipinski definition) is 6. The highest BCUT2D eigenvalue weighted by Gasteiger charge is 2.94. The summed E-state index contributed by atoms with van der Waals surface area (Å²) in [7, 11) is 0. The van der Waals surface area contributed by atoms with Crippen LogP contribution >= 0.6 is 0 Å². The third kappa shape index (κ3) is 1.11. The lowest BCUT2D eigenvalue weighted by atomic mass is 9.94. The molecule has 110 valence electrons. The summed E-state index contributed by atoms with van der Waals surface area (Å²) in [6.07, 6.45) is 0. The second-order valence-electron chi connectivity index (χ2n) is 5.60. The normalized spacial score (nSPS) is 37.2. The second-order valence-corrected chi connectivity index (χ2v) is 5.60. The average molecular weight is 298 g/mol. The van der Waals surface area contributed by atoms with E-state index in [4.69, 9.17) is 15.2 Å². The summed E-state index contributed by atoms with van der Waals surface area (Å²) in [4.78, 5) is 4.16. The van der Waals surface area contributed by atoms with Gasteiger partial charge in [0.25, 0.3) is 5.91 Å². The Balaban J connectivity index is 1.92. The van der Waals surface area contributed by atoms with Crippen molar-refractivity contribution < 1.29 is 13.9 Å². The topological polar surface area (TPSA) is 104 Å². The van der Waals surface area contributed by atoms with E-state index in [0.29, 0.717) is 5.56 Å². The van der Waals surface area contributed by atoms with Crippen LogP contribution in [0.2, 0.25) is 0 Å². The maximum atomic E-state index is 13.2. The molecule has 0 aromatic heterocycles. The van der Waals surface area contributed by atoms with Crippen LogP contribution in [0, 0.1) is 39.3 Å². The van der Waals surface area contributed by atoms with E-state index in [9.17, 15) is 14.9 Å². The summed E-state index contributed by atoms with van der Waals surface area (Å²) >= 11 is 0. The lowest BCUT2D eigenvalue weighted by molar-refractivity contribution is -0.184. The van der Waals surface area contributed by atoms with Crippen LogP contribution in [0.15, 0.2) is 29.3 Å². The van der Waals surface area contributed by atoms with Crippen LogP contribution in [0.3, 0.4) is 0 Å². The number of halogens is 1. The van der Waals surface area contributed by atoms with E-state index >= 15 is 0 Å². The van der Waals surface area contributed by atoms with Gasteiger partial charge in [0.1, 0.15) is 17.1 Å². The fourth-order valence-electron chi connectivity index (χ4n) is 3.87. The molecule has 1 saturated heterocycles. The van der Waals surface area contributed by atoms with Crippen molar-refractivity contribution in [3.63, 3.8) is 0 Å². The van der Waals surface area contributed by atoms with Crippen molar-refractivity contribution in [1.29, 1.82) is 10.5 Å². The predicted octanol–water partition coefficient (Wildman–Crippen LogP) is 1.01. The standard InChI is InChI=1S/C15H11FN4O2/c16-10-3-1-9(2-4-10)11-13(7-17)12(19)20-15(14(11,13)8-18)21-5-6-22-15/h1-4,11H,5-6H2,(H2,19,20)/t11-,13+,14+/m0/s1. The maximum Gasteiger partial charge on any atom is 0.293 e. The molecule has 1 aromatic carbocycles. The second kappa shape index (κ2) is 3.83. The molecular formula is C15H11FN4O2. The summed E-state index contributed by atoms with van der Waals surface area (Å²) in [5.41, 5.74) is 3.98. The largest absolute Gasteiger partial charge is 0.386 e. The van der Waals surface area contributed by atoms with Gasteiger partial charge in [-0.25, -0.2) is 9.38 Å². The summed E-state index contributed by atoms with van der Waals surface area (Å²) in [5.74, 6) is -2.46. The molecule has 22 heavy (non-hydrogen) atoms. The van der Waals surface area contributed by atoms with Gasteiger partial charge in [-0.1, -0.05) is 12.1 Å². The fourth-order valence-corrected chi connectivity index (χ4v) is 3.87. The molecule has 7 heteroatoms. The van der Waals surface area contributed by atoms with Crippen molar-refractivity contribution in [3.05, 3.63) is 35.6 Å². The Labute approximate surface area is 125 Å². The average Bonchev–Trinajstić information content (AvgIpc) is 2.77. The number of hydrogen-bond donors (Lipinski definition) is 1. The molecule has 2 aliphatic heterocycles.